The topological polar surface area (TPSA) is 24.5 Å². The lowest BCUT2D eigenvalue weighted by Gasteiger charge is -2.20. The molecule has 3 nitrogen and oxygen atoms in total. The minimum absolute atomic E-state index is 0.0256. The van der Waals surface area contributed by atoms with E-state index in [4.69, 9.17) is 4.74 Å². The molecule has 0 saturated heterocycles. The number of rotatable bonds is 7. The van der Waals surface area contributed by atoms with Gasteiger partial charge in [-0.15, -0.1) is 0 Å². The highest BCUT2D eigenvalue weighted by Gasteiger charge is 2.10. The molecule has 4 heteroatoms. The summed E-state index contributed by atoms with van der Waals surface area (Å²) in [5.41, 5.74) is 0.954. The fourth-order valence-corrected chi connectivity index (χ4v) is 1.70. The number of nitrogens with zero attached hydrogens (tertiary/aromatic N) is 1. The van der Waals surface area contributed by atoms with Gasteiger partial charge in [0, 0.05) is 18.6 Å². The van der Waals surface area contributed by atoms with Crippen molar-refractivity contribution in [1.82, 2.24) is 10.2 Å². The summed E-state index contributed by atoms with van der Waals surface area (Å²) in [7, 11) is 4.02. The molecule has 0 fully saturated rings. The van der Waals surface area contributed by atoms with Crippen LogP contribution in [0.3, 0.4) is 0 Å². The summed E-state index contributed by atoms with van der Waals surface area (Å²) in [5, 5.41) is 3.34. The second-order valence-corrected chi connectivity index (χ2v) is 6.37. The molecule has 0 aliphatic heterocycles. The van der Waals surface area contributed by atoms with E-state index in [1.807, 2.05) is 20.2 Å². The van der Waals surface area contributed by atoms with E-state index in [-0.39, 0.29) is 11.4 Å². The number of nitrogens with one attached hydrogen (secondary N) is 1. The Bertz CT molecular complexity index is 413. The Hall–Kier alpha value is -1.13. The Morgan fingerprint density at radius 1 is 1.25 bits per heavy atom. The monoisotopic (exact) mass is 282 g/mol. The number of benzene rings is 1. The van der Waals surface area contributed by atoms with Crippen LogP contribution in [-0.2, 0) is 6.54 Å². The lowest BCUT2D eigenvalue weighted by molar-refractivity contribution is 0.271. The predicted octanol–water partition coefficient (Wildman–Crippen LogP) is 3.04. The highest BCUT2D eigenvalue weighted by Crippen LogP contribution is 2.19. The normalized spacial score (nSPS) is 11.9. The zero-order valence-corrected chi connectivity index (χ0v) is 13.3. The van der Waals surface area contributed by atoms with Gasteiger partial charge in [-0.25, -0.2) is 4.39 Å². The van der Waals surface area contributed by atoms with Gasteiger partial charge in [-0.3, -0.25) is 0 Å². The number of halogens is 1. The van der Waals surface area contributed by atoms with Crippen molar-refractivity contribution in [3.05, 3.63) is 29.6 Å². The van der Waals surface area contributed by atoms with Crippen molar-refractivity contribution in [2.24, 2.45) is 0 Å². The zero-order valence-electron chi connectivity index (χ0n) is 13.3. The first-order chi connectivity index (χ1) is 9.28. The molecule has 1 rings (SSSR count). The molecule has 0 atom stereocenters. The minimum Gasteiger partial charge on any atom is -0.490 e. The molecule has 114 valence electrons. The van der Waals surface area contributed by atoms with Gasteiger partial charge in [0.15, 0.2) is 11.6 Å². The van der Waals surface area contributed by atoms with Crippen LogP contribution in [0.5, 0.6) is 5.75 Å². The lowest BCUT2D eigenvalue weighted by atomic mass is 10.1. The van der Waals surface area contributed by atoms with Crippen molar-refractivity contribution in [2.45, 2.75) is 39.3 Å². The maximum Gasteiger partial charge on any atom is 0.165 e. The van der Waals surface area contributed by atoms with Crippen molar-refractivity contribution >= 4 is 0 Å². The standard InChI is InChI=1S/C16H27FN2O/c1-16(2,3)18-12-13-7-8-15(14(17)11-13)20-10-6-9-19(4)5/h7-8,11,18H,6,9-10,12H2,1-5H3. The van der Waals surface area contributed by atoms with Crippen molar-refractivity contribution in [3.63, 3.8) is 0 Å². The highest BCUT2D eigenvalue weighted by atomic mass is 19.1. The maximum absolute atomic E-state index is 13.9. The van der Waals surface area contributed by atoms with Crippen molar-refractivity contribution in [3.8, 4) is 5.75 Å². The highest BCUT2D eigenvalue weighted by molar-refractivity contribution is 5.29. The quantitative estimate of drug-likeness (QED) is 0.778. The molecule has 0 heterocycles. The van der Waals surface area contributed by atoms with Gasteiger partial charge in [0.1, 0.15) is 0 Å². The average Bonchev–Trinajstić information content (AvgIpc) is 2.33. The molecule has 0 aliphatic rings. The van der Waals surface area contributed by atoms with Gasteiger partial charge in [0.2, 0.25) is 0 Å². The molecule has 0 radical (unpaired) electrons. The summed E-state index contributed by atoms with van der Waals surface area (Å²) in [6.07, 6.45) is 0.889. The van der Waals surface area contributed by atoms with Gasteiger partial charge in [-0.05, 0) is 59.0 Å². The van der Waals surface area contributed by atoms with Crippen LogP contribution in [0, 0.1) is 5.82 Å². The number of hydrogen-bond acceptors (Lipinski definition) is 3. The van der Waals surface area contributed by atoms with Crippen molar-refractivity contribution < 1.29 is 9.13 Å². The van der Waals surface area contributed by atoms with Gasteiger partial charge >= 0.3 is 0 Å². The van der Waals surface area contributed by atoms with Gasteiger partial charge in [0.25, 0.3) is 0 Å². The van der Waals surface area contributed by atoms with E-state index >= 15 is 0 Å². The molecule has 20 heavy (non-hydrogen) atoms. The summed E-state index contributed by atoms with van der Waals surface area (Å²) in [6, 6.07) is 5.16. The van der Waals surface area contributed by atoms with Crippen LogP contribution in [-0.4, -0.2) is 37.7 Å². The molecule has 0 amide bonds. The van der Waals surface area contributed by atoms with Gasteiger partial charge in [-0.2, -0.15) is 0 Å². The molecular weight excluding hydrogens is 255 g/mol. The summed E-state index contributed by atoms with van der Waals surface area (Å²) in [5.74, 6) is 0.0475. The predicted molar refractivity (Wildman–Crippen MR) is 81.7 cm³/mol. The van der Waals surface area contributed by atoms with Crippen LogP contribution < -0.4 is 10.1 Å². The second kappa shape index (κ2) is 7.60. The molecular formula is C16H27FN2O. The van der Waals surface area contributed by atoms with Crippen LogP contribution in [0.15, 0.2) is 18.2 Å². The summed E-state index contributed by atoms with van der Waals surface area (Å²) in [6.45, 7) is 8.40. The largest absolute Gasteiger partial charge is 0.490 e. The Kier molecular flexibility index (Phi) is 6.43. The smallest absolute Gasteiger partial charge is 0.165 e. The zero-order chi connectivity index (χ0) is 15.2. The van der Waals surface area contributed by atoms with Gasteiger partial charge in [-0.1, -0.05) is 6.07 Å². The molecule has 0 aromatic heterocycles. The van der Waals surface area contributed by atoms with E-state index in [9.17, 15) is 4.39 Å². The Morgan fingerprint density at radius 2 is 1.95 bits per heavy atom. The molecule has 0 spiro atoms. The molecule has 1 aromatic rings. The molecule has 0 saturated carbocycles. The van der Waals surface area contributed by atoms with Crippen LogP contribution in [0.4, 0.5) is 4.39 Å². The van der Waals surface area contributed by atoms with Crippen LogP contribution in [0.1, 0.15) is 32.8 Å². The Labute approximate surface area is 122 Å². The third-order valence-corrected chi connectivity index (χ3v) is 2.83. The minimum atomic E-state index is -0.289. The summed E-state index contributed by atoms with van der Waals surface area (Å²) < 4.78 is 19.4. The first kappa shape index (κ1) is 16.9. The maximum atomic E-state index is 13.9. The van der Waals surface area contributed by atoms with Crippen LogP contribution in [0.2, 0.25) is 0 Å². The van der Waals surface area contributed by atoms with Crippen molar-refractivity contribution in [2.75, 3.05) is 27.2 Å². The van der Waals surface area contributed by atoms with Crippen molar-refractivity contribution in [1.29, 1.82) is 0 Å². The average molecular weight is 282 g/mol. The molecule has 0 unspecified atom stereocenters. The number of ether oxygens (including phenoxy) is 1. The Morgan fingerprint density at radius 3 is 2.50 bits per heavy atom. The van der Waals surface area contributed by atoms with E-state index in [2.05, 4.69) is 31.0 Å². The SMILES string of the molecule is CN(C)CCCOc1ccc(CNC(C)(C)C)cc1F. The summed E-state index contributed by atoms with van der Waals surface area (Å²) >= 11 is 0. The first-order valence-electron chi connectivity index (χ1n) is 7.09. The van der Waals surface area contributed by atoms with E-state index in [1.54, 1.807) is 12.1 Å². The van der Waals surface area contributed by atoms with E-state index in [0.29, 0.717) is 18.9 Å². The van der Waals surface area contributed by atoms with Gasteiger partial charge in [0.05, 0.1) is 6.61 Å². The Balaban J connectivity index is 2.47. The fraction of sp³-hybridized carbons (Fsp3) is 0.625. The van der Waals surface area contributed by atoms with E-state index < -0.39 is 0 Å². The first-order valence-corrected chi connectivity index (χ1v) is 7.09. The molecule has 1 aromatic carbocycles. The molecule has 0 aliphatic carbocycles. The van der Waals surface area contributed by atoms with E-state index in [1.165, 1.54) is 0 Å². The third-order valence-electron chi connectivity index (χ3n) is 2.83. The third kappa shape index (κ3) is 6.87. The van der Waals surface area contributed by atoms with Crippen LogP contribution >= 0.6 is 0 Å². The fourth-order valence-electron chi connectivity index (χ4n) is 1.70. The van der Waals surface area contributed by atoms with Crippen LogP contribution in [0.25, 0.3) is 0 Å². The second-order valence-electron chi connectivity index (χ2n) is 6.37. The van der Waals surface area contributed by atoms with E-state index in [0.717, 1.165) is 18.5 Å². The lowest BCUT2D eigenvalue weighted by Crippen LogP contribution is -2.35. The molecule has 0 bridgehead atoms. The number of hydrogen-bond donors (Lipinski definition) is 1. The summed E-state index contributed by atoms with van der Waals surface area (Å²) in [4.78, 5) is 2.08. The molecule has 1 N–H and O–H groups in total. The van der Waals surface area contributed by atoms with Gasteiger partial charge < -0.3 is 15.0 Å².